The summed E-state index contributed by atoms with van der Waals surface area (Å²) in [6.07, 6.45) is 0.316. The molecule has 0 aliphatic carbocycles. The average molecular weight is 285 g/mol. The van der Waals surface area contributed by atoms with Gasteiger partial charge in [0.15, 0.2) is 0 Å². The van der Waals surface area contributed by atoms with E-state index in [2.05, 4.69) is 22.5 Å². The molecule has 1 aromatic carbocycles. The van der Waals surface area contributed by atoms with Gasteiger partial charge in [0, 0.05) is 12.7 Å². The number of anilines is 2. The number of carbonyl (C=O) groups is 1. The van der Waals surface area contributed by atoms with Crippen molar-refractivity contribution < 1.29 is 9.53 Å². The minimum atomic E-state index is -0.537. The zero-order valence-electron chi connectivity index (χ0n) is 12.4. The highest BCUT2D eigenvalue weighted by Crippen LogP contribution is 2.23. The molecule has 0 unspecified atom stereocenters. The van der Waals surface area contributed by atoms with Crippen LogP contribution >= 0.6 is 0 Å². The van der Waals surface area contributed by atoms with Crippen molar-refractivity contribution >= 4 is 17.6 Å². The molecule has 5 heteroatoms. The van der Waals surface area contributed by atoms with Crippen molar-refractivity contribution in [1.29, 1.82) is 0 Å². The van der Waals surface area contributed by atoms with Gasteiger partial charge in [-0.1, -0.05) is 25.1 Å². The number of nitrogens with zero attached hydrogens (tertiary/aromatic N) is 1. The molecule has 1 aromatic heterocycles. The minimum absolute atomic E-state index is 0.497. The summed E-state index contributed by atoms with van der Waals surface area (Å²) in [5.74, 6) is 1.12. The number of hydrogen-bond acceptors (Lipinski definition) is 4. The Morgan fingerprint density at radius 1 is 1.29 bits per heavy atom. The highest BCUT2D eigenvalue weighted by molar-refractivity contribution is 5.90. The van der Waals surface area contributed by atoms with Gasteiger partial charge in [0.1, 0.15) is 11.6 Å². The second kappa shape index (κ2) is 6.74. The predicted octanol–water partition coefficient (Wildman–Crippen LogP) is 3.61. The summed E-state index contributed by atoms with van der Waals surface area (Å²) in [4.78, 5) is 16.4. The van der Waals surface area contributed by atoms with Crippen LogP contribution in [-0.4, -0.2) is 18.1 Å². The molecular weight excluding hydrogens is 266 g/mol. The number of aromatic nitrogens is 1. The summed E-state index contributed by atoms with van der Waals surface area (Å²) in [5, 5.41) is 5.70. The first-order chi connectivity index (χ1) is 10.1. The Morgan fingerprint density at radius 2 is 2.00 bits per heavy atom. The van der Waals surface area contributed by atoms with Crippen molar-refractivity contribution in [2.45, 2.75) is 20.3 Å². The molecule has 2 N–H and O–H groups in total. The van der Waals surface area contributed by atoms with Crippen molar-refractivity contribution in [2.75, 3.05) is 17.7 Å². The number of carbonyl (C=O) groups excluding carboxylic acids is 1. The van der Waals surface area contributed by atoms with Crippen molar-refractivity contribution in [3.05, 3.63) is 47.7 Å². The fourth-order valence-electron chi connectivity index (χ4n) is 2.02. The number of nitrogens with one attached hydrogen (secondary N) is 2. The van der Waals surface area contributed by atoms with Crippen molar-refractivity contribution in [2.24, 2.45) is 0 Å². The van der Waals surface area contributed by atoms with E-state index in [9.17, 15) is 4.79 Å². The zero-order valence-corrected chi connectivity index (χ0v) is 12.4. The molecule has 0 aliphatic heterocycles. The molecular formula is C16H19N3O2. The van der Waals surface area contributed by atoms with Crippen LogP contribution in [-0.2, 0) is 6.42 Å². The molecule has 0 saturated carbocycles. The lowest BCUT2D eigenvalue weighted by Gasteiger charge is -2.13. The quantitative estimate of drug-likeness (QED) is 0.901. The lowest BCUT2D eigenvalue weighted by atomic mass is 10.1. The third-order valence-corrected chi connectivity index (χ3v) is 3.13. The van der Waals surface area contributed by atoms with E-state index in [4.69, 9.17) is 4.74 Å². The molecule has 21 heavy (non-hydrogen) atoms. The summed E-state index contributed by atoms with van der Waals surface area (Å²) in [7, 11) is 1.76. The number of rotatable bonds is 4. The Kier molecular flexibility index (Phi) is 4.77. The Labute approximate surface area is 124 Å². The van der Waals surface area contributed by atoms with Crippen LogP contribution in [0.15, 0.2) is 36.4 Å². The standard InChI is InChI=1S/C16H19N3O2/c1-4-12-10-14(15(17-3)18-11(12)2)19-16(20)21-13-8-6-5-7-9-13/h5-10H,4H2,1-3H3,(H,17,18)(H,19,20). The molecule has 0 atom stereocenters. The lowest BCUT2D eigenvalue weighted by molar-refractivity contribution is 0.215. The van der Waals surface area contributed by atoms with Crippen LogP contribution in [0, 0.1) is 6.92 Å². The van der Waals surface area contributed by atoms with Crippen molar-refractivity contribution in [1.82, 2.24) is 4.98 Å². The SMILES string of the molecule is CCc1cc(NC(=O)Oc2ccccc2)c(NC)nc1C. The summed E-state index contributed by atoms with van der Waals surface area (Å²) in [5.41, 5.74) is 2.65. The van der Waals surface area contributed by atoms with E-state index in [1.807, 2.05) is 31.2 Å². The Hall–Kier alpha value is -2.56. The van der Waals surface area contributed by atoms with Crippen LogP contribution in [0.5, 0.6) is 5.75 Å². The molecule has 2 rings (SSSR count). The molecule has 0 aliphatic rings. The fraction of sp³-hybridized carbons (Fsp3) is 0.250. The van der Waals surface area contributed by atoms with Crippen molar-refractivity contribution in [3.8, 4) is 5.75 Å². The highest BCUT2D eigenvalue weighted by Gasteiger charge is 2.11. The first-order valence-electron chi connectivity index (χ1n) is 6.86. The summed E-state index contributed by atoms with van der Waals surface area (Å²) in [6.45, 7) is 4.00. The van der Waals surface area contributed by atoms with Gasteiger partial charge in [0.2, 0.25) is 0 Å². The van der Waals surface area contributed by atoms with Crippen LogP contribution in [0.1, 0.15) is 18.2 Å². The van der Waals surface area contributed by atoms with Gasteiger partial charge in [0.25, 0.3) is 0 Å². The third-order valence-electron chi connectivity index (χ3n) is 3.13. The molecule has 0 fully saturated rings. The van der Waals surface area contributed by atoms with Gasteiger partial charge in [-0.15, -0.1) is 0 Å². The van der Waals surface area contributed by atoms with E-state index < -0.39 is 6.09 Å². The minimum Gasteiger partial charge on any atom is -0.410 e. The first-order valence-corrected chi connectivity index (χ1v) is 6.86. The molecule has 1 heterocycles. The van der Waals surface area contributed by atoms with E-state index in [1.54, 1.807) is 19.2 Å². The number of ether oxygens (including phenoxy) is 1. The molecule has 5 nitrogen and oxygen atoms in total. The largest absolute Gasteiger partial charge is 0.417 e. The van der Waals surface area contributed by atoms with Gasteiger partial charge in [-0.25, -0.2) is 9.78 Å². The molecule has 2 aromatic rings. The lowest BCUT2D eigenvalue weighted by Crippen LogP contribution is -2.18. The highest BCUT2D eigenvalue weighted by atomic mass is 16.6. The maximum Gasteiger partial charge on any atom is 0.417 e. The van der Waals surface area contributed by atoms with Gasteiger partial charge >= 0.3 is 6.09 Å². The van der Waals surface area contributed by atoms with E-state index >= 15 is 0 Å². The normalized spacial score (nSPS) is 10.0. The predicted molar refractivity (Wildman–Crippen MR) is 84.0 cm³/mol. The van der Waals surface area contributed by atoms with Gasteiger partial charge in [0.05, 0.1) is 5.69 Å². The maximum atomic E-state index is 11.9. The molecule has 1 amide bonds. The number of benzene rings is 1. The molecule has 0 spiro atoms. The zero-order chi connectivity index (χ0) is 15.2. The molecule has 110 valence electrons. The number of hydrogen-bond donors (Lipinski definition) is 2. The molecule has 0 radical (unpaired) electrons. The van der Waals surface area contributed by atoms with E-state index in [-0.39, 0.29) is 0 Å². The summed E-state index contributed by atoms with van der Waals surface area (Å²) >= 11 is 0. The number of para-hydroxylation sites is 1. The smallest absolute Gasteiger partial charge is 0.410 e. The number of amides is 1. The summed E-state index contributed by atoms with van der Waals surface area (Å²) in [6, 6.07) is 10.9. The molecule has 0 bridgehead atoms. The van der Waals surface area contributed by atoms with Gasteiger partial charge < -0.3 is 10.1 Å². The van der Waals surface area contributed by atoms with Gasteiger partial charge in [-0.3, -0.25) is 5.32 Å². The Bertz CT molecular complexity index is 627. The van der Waals surface area contributed by atoms with Crippen LogP contribution in [0.4, 0.5) is 16.3 Å². The van der Waals surface area contributed by atoms with Crippen molar-refractivity contribution in [3.63, 3.8) is 0 Å². The van der Waals surface area contributed by atoms with Gasteiger partial charge in [-0.05, 0) is 37.1 Å². The topological polar surface area (TPSA) is 63.2 Å². The summed E-state index contributed by atoms with van der Waals surface area (Å²) < 4.78 is 5.22. The number of pyridine rings is 1. The van der Waals surface area contributed by atoms with Gasteiger partial charge in [-0.2, -0.15) is 0 Å². The van der Waals surface area contributed by atoms with E-state index in [0.29, 0.717) is 17.3 Å². The first kappa shape index (κ1) is 14.8. The van der Waals surface area contributed by atoms with Crippen LogP contribution in [0.2, 0.25) is 0 Å². The number of aryl methyl sites for hydroxylation is 2. The maximum absolute atomic E-state index is 11.9. The molecule has 0 saturated heterocycles. The Morgan fingerprint density at radius 3 is 2.62 bits per heavy atom. The monoisotopic (exact) mass is 285 g/mol. The Balaban J connectivity index is 2.16. The second-order valence-corrected chi connectivity index (χ2v) is 4.56. The third kappa shape index (κ3) is 3.72. The fourth-order valence-corrected chi connectivity index (χ4v) is 2.02. The van der Waals surface area contributed by atoms with Crippen LogP contribution in [0.3, 0.4) is 0 Å². The van der Waals surface area contributed by atoms with E-state index in [1.165, 1.54) is 0 Å². The second-order valence-electron chi connectivity index (χ2n) is 4.56. The van der Waals surface area contributed by atoms with Crippen LogP contribution in [0.25, 0.3) is 0 Å². The van der Waals surface area contributed by atoms with Crippen LogP contribution < -0.4 is 15.4 Å². The van der Waals surface area contributed by atoms with E-state index in [0.717, 1.165) is 17.7 Å². The average Bonchev–Trinajstić information content (AvgIpc) is 2.49.